The van der Waals surface area contributed by atoms with Crippen LogP contribution in [-0.4, -0.2) is 22.4 Å². The van der Waals surface area contributed by atoms with Crippen molar-refractivity contribution < 1.29 is 9.18 Å². The van der Waals surface area contributed by atoms with Crippen LogP contribution in [0.25, 0.3) is 0 Å². The molecule has 0 unspecified atom stereocenters. The van der Waals surface area contributed by atoms with E-state index in [0.29, 0.717) is 6.42 Å². The van der Waals surface area contributed by atoms with Gasteiger partial charge in [-0.05, 0) is 48.4 Å². The monoisotopic (exact) mass is 417 g/mol. The number of carbonyl (C=O) groups is 1. The SMILES string of the molecule is Cc1ccccc1NC(=O)CSC1=Nc2ccccc2N=C(c2ccc(F)cc2)C1. The molecule has 1 N–H and O–H groups in total. The molecular formula is C24H20FN3OS. The Kier molecular flexibility index (Phi) is 6.05. The maximum absolute atomic E-state index is 13.4. The summed E-state index contributed by atoms with van der Waals surface area (Å²) in [7, 11) is 0. The zero-order valence-corrected chi connectivity index (χ0v) is 17.2. The van der Waals surface area contributed by atoms with E-state index in [-0.39, 0.29) is 17.5 Å². The average Bonchev–Trinajstić information content (AvgIpc) is 2.94. The summed E-state index contributed by atoms with van der Waals surface area (Å²) in [4.78, 5) is 22.0. The van der Waals surface area contributed by atoms with Gasteiger partial charge in [0.15, 0.2) is 0 Å². The Balaban J connectivity index is 1.53. The van der Waals surface area contributed by atoms with Crippen molar-refractivity contribution in [1.82, 2.24) is 0 Å². The summed E-state index contributed by atoms with van der Waals surface area (Å²) >= 11 is 1.39. The topological polar surface area (TPSA) is 53.8 Å². The van der Waals surface area contributed by atoms with Crippen LogP contribution < -0.4 is 5.32 Å². The Morgan fingerprint density at radius 1 is 0.967 bits per heavy atom. The van der Waals surface area contributed by atoms with Crippen LogP contribution in [0.15, 0.2) is 82.8 Å². The van der Waals surface area contributed by atoms with Crippen molar-refractivity contribution >= 4 is 45.5 Å². The zero-order valence-electron chi connectivity index (χ0n) is 16.4. The van der Waals surface area contributed by atoms with E-state index < -0.39 is 0 Å². The highest BCUT2D eigenvalue weighted by molar-refractivity contribution is 8.14. The Morgan fingerprint density at radius 2 is 1.63 bits per heavy atom. The number of aliphatic imine (C=N–C) groups is 2. The van der Waals surface area contributed by atoms with Gasteiger partial charge in [-0.2, -0.15) is 0 Å². The van der Waals surface area contributed by atoms with Gasteiger partial charge >= 0.3 is 0 Å². The highest BCUT2D eigenvalue weighted by Crippen LogP contribution is 2.33. The van der Waals surface area contributed by atoms with Gasteiger partial charge in [-0.3, -0.25) is 9.79 Å². The average molecular weight is 418 g/mol. The molecule has 30 heavy (non-hydrogen) atoms. The molecule has 0 aliphatic carbocycles. The van der Waals surface area contributed by atoms with Crippen molar-refractivity contribution in [2.45, 2.75) is 13.3 Å². The van der Waals surface area contributed by atoms with Crippen molar-refractivity contribution in [3.8, 4) is 0 Å². The number of halogens is 1. The number of nitrogens with zero attached hydrogens (tertiary/aromatic N) is 2. The lowest BCUT2D eigenvalue weighted by Crippen LogP contribution is -2.16. The molecule has 0 saturated heterocycles. The Morgan fingerprint density at radius 3 is 2.37 bits per heavy atom. The Hall–Kier alpha value is -3.25. The van der Waals surface area contributed by atoms with Crippen LogP contribution in [0.2, 0.25) is 0 Å². The molecule has 0 bridgehead atoms. The van der Waals surface area contributed by atoms with Gasteiger partial charge < -0.3 is 5.32 Å². The number of anilines is 1. The van der Waals surface area contributed by atoms with Crippen LogP contribution in [-0.2, 0) is 4.79 Å². The van der Waals surface area contributed by atoms with Crippen LogP contribution in [0.1, 0.15) is 17.5 Å². The minimum Gasteiger partial charge on any atom is -0.325 e. The van der Waals surface area contributed by atoms with E-state index >= 15 is 0 Å². The van der Waals surface area contributed by atoms with Crippen molar-refractivity contribution in [3.05, 3.63) is 89.7 Å². The van der Waals surface area contributed by atoms with Gasteiger partial charge in [-0.15, -0.1) is 11.8 Å². The first kappa shape index (κ1) is 20.0. The van der Waals surface area contributed by atoms with Gasteiger partial charge in [0, 0.05) is 12.1 Å². The number of rotatable bonds is 4. The minimum atomic E-state index is -0.287. The molecule has 4 rings (SSSR count). The molecule has 1 aliphatic rings. The summed E-state index contributed by atoms with van der Waals surface area (Å²) in [5.74, 6) is -0.134. The van der Waals surface area contributed by atoms with E-state index in [2.05, 4.69) is 5.32 Å². The summed E-state index contributed by atoms with van der Waals surface area (Å²) in [5.41, 5.74) is 4.98. The summed E-state index contributed by atoms with van der Waals surface area (Å²) in [6.07, 6.45) is 0.475. The maximum atomic E-state index is 13.4. The summed E-state index contributed by atoms with van der Waals surface area (Å²) in [5, 5.41) is 3.74. The molecule has 0 saturated carbocycles. The van der Waals surface area contributed by atoms with E-state index in [1.165, 1.54) is 23.9 Å². The molecule has 0 spiro atoms. The predicted molar refractivity (Wildman–Crippen MR) is 123 cm³/mol. The van der Waals surface area contributed by atoms with Crippen LogP contribution in [0, 0.1) is 12.7 Å². The minimum absolute atomic E-state index is 0.0881. The van der Waals surface area contributed by atoms with Crippen LogP contribution >= 0.6 is 11.8 Å². The predicted octanol–water partition coefficient (Wildman–Crippen LogP) is 6.06. The molecule has 0 aromatic heterocycles. The molecule has 1 heterocycles. The number of hydrogen-bond donors (Lipinski definition) is 1. The number of thioether (sulfide) groups is 1. The van der Waals surface area contributed by atoms with Gasteiger partial charge in [-0.25, -0.2) is 9.38 Å². The van der Waals surface area contributed by atoms with Gasteiger partial charge in [0.1, 0.15) is 5.82 Å². The normalized spacial score (nSPS) is 13.0. The van der Waals surface area contributed by atoms with Gasteiger partial charge in [0.25, 0.3) is 0 Å². The first-order chi connectivity index (χ1) is 14.6. The van der Waals surface area contributed by atoms with Crippen molar-refractivity contribution in [2.24, 2.45) is 9.98 Å². The molecule has 3 aromatic rings. The van der Waals surface area contributed by atoms with Crippen molar-refractivity contribution in [2.75, 3.05) is 11.1 Å². The van der Waals surface area contributed by atoms with Crippen LogP contribution in [0.3, 0.4) is 0 Å². The number of benzene rings is 3. The second-order valence-electron chi connectivity index (χ2n) is 6.89. The lowest BCUT2D eigenvalue weighted by atomic mass is 10.1. The highest BCUT2D eigenvalue weighted by Gasteiger charge is 2.17. The first-order valence-corrected chi connectivity index (χ1v) is 10.6. The lowest BCUT2D eigenvalue weighted by molar-refractivity contribution is -0.113. The molecule has 0 atom stereocenters. The number of para-hydroxylation sites is 3. The third-order valence-corrected chi connectivity index (χ3v) is 5.64. The number of aryl methyl sites for hydroxylation is 1. The van der Waals surface area contributed by atoms with Gasteiger partial charge in [0.05, 0.1) is 27.9 Å². The highest BCUT2D eigenvalue weighted by atomic mass is 32.2. The standard InChI is InChI=1S/C24H20FN3OS/c1-16-6-2-3-7-19(16)27-23(29)15-30-24-14-22(17-10-12-18(25)13-11-17)26-20-8-4-5-9-21(20)28-24/h2-13H,14-15H2,1H3,(H,27,29). The molecule has 0 fully saturated rings. The number of nitrogens with one attached hydrogen (secondary N) is 1. The van der Waals surface area contributed by atoms with E-state index in [9.17, 15) is 9.18 Å². The van der Waals surface area contributed by atoms with Gasteiger partial charge in [-0.1, -0.05) is 42.5 Å². The number of amides is 1. The van der Waals surface area contributed by atoms with Crippen LogP contribution in [0.4, 0.5) is 21.5 Å². The molecule has 3 aromatic carbocycles. The number of carbonyl (C=O) groups excluding carboxylic acids is 1. The molecule has 150 valence electrons. The smallest absolute Gasteiger partial charge is 0.234 e. The summed E-state index contributed by atoms with van der Waals surface area (Å²) in [6, 6.07) is 21.6. The van der Waals surface area contributed by atoms with E-state index in [4.69, 9.17) is 9.98 Å². The fourth-order valence-electron chi connectivity index (χ4n) is 3.10. The van der Waals surface area contributed by atoms with E-state index in [1.807, 2.05) is 55.5 Å². The van der Waals surface area contributed by atoms with Crippen molar-refractivity contribution in [3.63, 3.8) is 0 Å². The third-order valence-electron chi connectivity index (χ3n) is 4.67. The molecule has 1 aliphatic heterocycles. The fourth-order valence-corrected chi connectivity index (χ4v) is 3.87. The molecule has 4 nitrogen and oxygen atoms in total. The number of hydrogen-bond acceptors (Lipinski definition) is 4. The molecule has 1 amide bonds. The Bertz CT molecular complexity index is 1140. The van der Waals surface area contributed by atoms with E-state index in [0.717, 1.165) is 38.9 Å². The fraction of sp³-hybridized carbons (Fsp3) is 0.125. The molecular weight excluding hydrogens is 397 g/mol. The summed E-state index contributed by atoms with van der Waals surface area (Å²) < 4.78 is 13.4. The lowest BCUT2D eigenvalue weighted by Gasteiger charge is -2.09. The maximum Gasteiger partial charge on any atom is 0.234 e. The van der Waals surface area contributed by atoms with Crippen molar-refractivity contribution in [1.29, 1.82) is 0 Å². The van der Waals surface area contributed by atoms with E-state index in [1.54, 1.807) is 12.1 Å². The summed E-state index contributed by atoms with van der Waals surface area (Å²) in [6.45, 7) is 1.96. The number of fused-ring (bicyclic) bond motifs is 1. The zero-order chi connectivity index (χ0) is 20.9. The molecule has 6 heteroatoms. The Labute approximate surface area is 179 Å². The second kappa shape index (κ2) is 9.05. The first-order valence-electron chi connectivity index (χ1n) is 9.57. The van der Waals surface area contributed by atoms with Gasteiger partial charge in [0.2, 0.25) is 5.91 Å². The second-order valence-corrected chi connectivity index (χ2v) is 7.94. The third kappa shape index (κ3) is 4.83. The van der Waals surface area contributed by atoms with Crippen LogP contribution in [0.5, 0.6) is 0 Å². The largest absolute Gasteiger partial charge is 0.325 e. The molecule has 0 radical (unpaired) electrons. The quantitative estimate of drug-likeness (QED) is 0.561.